The molecular weight excluding hydrogens is 341 g/mol. The van der Waals surface area contributed by atoms with E-state index in [9.17, 15) is 17.6 Å². The molecule has 1 aromatic rings. The Labute approximate surface area is 119 Å². The third-order valence-corrected chi connectivity index (χ3v) is 4.90. The largest absolute Gasteiger partial charge is 0.481 e. The summed E-state index contributed by atoms with van der Waals surface area (Å²) >= 11 is 2.98. The molecule has 0 saturated carbocycles. The molecule has 0 aliphatic heterocycles. The maximum absolute atomic E-state index is 12.9. The Balaban J connectivity index is 2.83. The predicted octanol–water partition coefficient (Wildman–Crippen LogP) is 2.12. The predicted molar refractivity (Wildman–Crippen MR) is 70.8 cm³/mol. The zero-order valence-electron chi connectivity index (χ0n) is 10.1. The van der Waals surface area contributed by atoms with Crippen LogP contribution in [0.5, 0.6) is 0 Å². The van der Waals surface area contributed by atoms with Crippen molar-refractivity contribution in [3.63, 3.8) is 0 Å². The first kappa shape index (κ1) is 16.1. The second-order valence-corrected chi connectivity index (χ2v) is 6.57. The number of aliphatic carboxylic acids is 1. The molecule has 106 valence electrons. The Bertz CT molecular complexity index is 576. The minimum absolute atomic E-state index is 0.0870. The second kappa shape index (κ2) is 6.44. The van der Waals surface area contributed by atoms with Crippen LogP contribution in [0.25, 0.3) is 0 Å². The number of carboxylic acid groups (broad SMARTS) is 1. The van der Waals surface area contributed by atoms with E-state index in [1.807, 2.05) is 0 Å². The van der Waals surface area contributed by atoms with E-state index in [0.29, 0.717) is 0 Å². The normalized spacial score (nSPS) is 13.2. The Morgan fingerprint density at radius 2 is 2.16 bits per heavy atom. The van der Waals surface area contributed by atoms with Gasteiger partial charge in [-0.15, -0.1) is 0 Å². The maximum Gasteiger partial charge on any atom is 0.303 e. The molecule has 0 saturated heterocycles. The number of hydrogen-bond donors (Lipinski definition) is 2. The van der Waals surface area contributed by atoms with Crippen LogP contribution in [-0.2, 0) is 14.8 Å². The number of hydrogen-bond acceptors (Lipinski definition) is 3. The third kappa shape index (κ3) is 4.88. The molecular formula is C11H13BrFNO4S. The molecule has 19 heavy (non-hydrogen) atoms. The van der Waals surface area contributed by atoms with Crippen LogP contribution in [0.2, 0.25) is 0 Å². The number of nitrogens with one attached hydrogen (secondary N) is 1. The standard InChI is InChI=1S/C11H13BrFNO4S/c1-7(2-5-11(15)16)14-19(17,18)10-4-3-8(13)6-9(10)12/h3-4,6-7,14H,2,5H2,1H3,(H,15,16). The minimum Gasteiger partial charge on any atom is -0.481 e. The van der Waals surface area contributed by atoms with Gasteiger partial charge >= 0.3 is 5.97 Å². The van der Waals surface area contributed by atoms with Crippen molar-refractivity contribution < 1.29 is 22.7 Å². The highest BCUT2D eigenvalue weighted by molar-refractivity contribution is 9.10. The number of benzene rings is 1. The minimum atomic E-state index is -3.81. The van der Waals surface area contributed by atoms with E-state index in [2.05, 4.69) is 20.7 Å². The summed E-state index contributed by atoms with van der Waals surface area (Å²) in [5, 5.41) is 8.53. The average Bonchev–Trinajstić information content (AvgIpc) is 2.25. The van der Waals surface area contributed by atoms with Crippen molar-refractivity contribution in [3.8, 4) is 0 Å². The first-order valence-electron chi connectivity index (χ1n) is 5.41. The molecule has 0 amide bonds. The van der Waals surface area contributed by atoms with Crippen LogP contribution in [0.4, 0.5) is 4.39 Å². The first-order chi connectivity index (χ1) is 8.72. The molecule has 2 N–H and O–H groups in total. The van der Waals surface area contributed by atoms with Gasteiger partial charge in [-0.2, -0.15) is 0 Å². The SMILES string of the molecule is CC(CCC(=O)O)NS(=O)(=O)c1ccc(F)cc1Br. The zero-order chi connectivity index (χ0) is 14.6. The van der Waals surface area contributed by atoms with Gasteiger partial charge in [0.25, 0.3) is 0 Å². The van der Waals surface area contributed by atoms with Gasteiger partial charge in [0.05, 0.1) is 4.90 Å². The Morgan fingerprint density at radius 3 is 2.68 bits per heavy atom. The summed E-state index contributed by atoms with van der Waals surface area (Å²) in [6.45, 7) is 1.57. The van der Waals surface area contributed by atoms with Gasteiger partial charge in [0.1, 0.15) is 5.82 Å². The number of sulfonamides is 1. The van der Waals surface area contributed by atoms with Crippen LogP contribution >= 0.6 is 15.9 Å². The van der Waals surface area contributed by atoms with E-state index in [1.165, 1.54) is 0 Å². The van der Waals surface area contributed by atoms with Gasteiger partial charge in [-0.3, -0.25) is 4.79 Å². The van der Waals surface area contributed by atoms with Crippen molar-refractivity contribution >= 4 is 31.9 Å². The Morgan fingerprint density at radius 1 is 1.53 bits per heavy atom. The molecule has 1 unspecified atom stereocenters. The maximum atomic E-state index is 12.9. The van der Waals surface area contributed by atoms with Crippen LogP contribution in [0.3, 0.4) is 0 Å². The Kier molecular flexibility index (Phi) is 5.45. The topological polar surface area (TPSA) is 83.5 Å². The molecule has 0 heterocycles. The summed E-state index contributed by atoms with van der Waals surface area (Å²) in [5.41, 5.74) is 0. The van der Waals surface area contributed by atoms with Gasteiger partial charge in [-0.25, -0.2) is 17.5 Å². The molecule has 0 aliphatic carbocycles. The lowest BCUT2D eigenvalue weighted by molar-refractivity contribution is -0.137. The van der Waals surface area contributed by atoms with Crippen molar-refractivity contribution in [1.29, 1.82) is 0 Å². The summed E-state index contributed by atoms with van der Waals surface area (Å²) in [4.78, 5) is 10.3. The molecule has 5 nitrogen and oxygen atoms in total. The molecule has 0 aromatic heterocycles. The van der Waals surface area contributed by atoms with E-state index in [0.717, 1.165) is 18.2 Å². The summed E-state index contributed by atoms with van der Waals surface area (Å²) in [5.74, 6) is -1.54. The number of carbonyl (C=O) groups is 1. The molecule has 0 spiro atoms. The van der Waals surface area contributed by atoms with Crippen LogP contribution in [0.15, 0.2) is 27.6 Å². The van der Waals surface area contributed by atoms with E-state index in [-0.39, 0.29) is 22.2 Å². The average molecular weight is 354 g/mol. The van der Waals surface area contributed by atoms with Gasteiger partial charge in [0.15, 0.2) is 0 Å². The molecule has 8 heteroatoms. The zero-order valence-corrected chi connectivity index (χ0v) is 12.5. The fourth-order valence-corrected chi connectivity index (χ4v) is 3.75. The van der Waals surface area contributed by atoms with Crippen molar-refractivity contribution in [2.75, 3.05) is 0 Å². The van der Waals surface area contributed by atoms with Crippen LogP contribution < -0.4 is 4.72 Å². The van der Waals surface area contributed by atoms with Crippen molar-refractivity contribution in [2.45, 2.75) is 30.7 Å². The summed E-state index contributed by atoms with van der Waals surface area (Å²) in [7, 11) is -3.81. The van der Waals surface area contributed by atoms with Crippen LogP contribution in [0, 0.1) is 5.82 Å². The van der Waals surface area contributed by atoms with E-state index < -0.39 is 27.9 Å². The van der Waals surface area contributed by atoms with Crippen molar-refractivity contribution in [2.24, 2.45) is 0 Å². The fraction of sp³-hybridized carbons (Fsp3) is 0.364. The molecule has 1 aromatic carbocycles. The molecule has 0 aliphatic rings. The molecule has 0 radical (unpaired) electrons. The highest BCUT2D eigenvalue weighted by Gasteiger charge is 2.20. The monoisotopic (exact) mass is 353 g/mol. The molecule has 1 rings (SSSR count). The van der Waals surface area contributed by atoms with Gasteiger partial charge in [-0.05, 0) is 47.5 Å². The first-order valence-corrected chi connectivity index (χ1v) is 7.69. The van der Waals surface area contributed by atoms with Crippen molar-refractivity contribution in [3.05, 3.63) is 28.5 Å². The second-order valence-electron chi connectivity index (χ2n) is 4.03. The highest BCUT2D eigenvalue weighted by atomic mass is 79.9. The van der Waals surface area contributed by atoms with Gasteiger partial charge in [-0.1, -0.05) is 0 Å². The van der Waals surface area contributed by atoms with Crippen molar-refractivity contribution in [1.82, 2.24) is 4.72 Å². The lowest BCUT2D eigenvalue weighted by Crippen LogP contribution is -2.33. The third-order valence-electron chi connectivity index (χ3n) is 2.33. The molecule has 0 bridgehead atoms. The summed E-state index contributed by atoms with van der Waals surface area (Å²) < 4.78 is 39.4. The lowest BCUT2D eigenvalue weighted by Gasteiger charge is -2.14. The highest BCUT2D eigenvalue weighted by Crippen LogP contribution is 2.23. The molecule has 1 atom stereocenters. The van der Waals surface area contributed by atoms with Crippen LogP contribution in [0.1, 0.15) is 19.8 Å². The summed E-state index contributed by atoms with van der Waals surface area (Å²) in [6, 6.07) is 2.71. The van der Waals surface area contributed by atoms with Gasteiger partial charge < -0.3 is 5.11 Å². The number of halogens is 2. The van der Waals surface area contributed by atoms with Gasteiger partial charge in [0, 0.05) is 16.9 Å². The lowest BCUT2D eigenvalue weighted by atomic mass is 10.2. The van der Waals surface area contributed by atoms with E-state index in [4.69, 9.17) is 5.11 Å². The van der Waals surface area contributed by atoms with Crippen LogP contribution in [-0.4, -0.2) is 25.5 Å². The quantitative estimate of drug-likeness (QED) is 0.820. The van der Waals surface area contributed by atoms with E-state index in [1.54, 1.807) is 6.92 Å². The Hall–Kier alpha value is -0.990. The molecule has 0 fully saturated rings. The van der Waals surface area contributed by atoms with Gasteiger partial charge in [0.2, 0.25) is 10.0 Å². The fourth-order valence-electron chi connectivity index (χ4n) is 1.42. The number of carboxylic acids is 1. The number of rotatable bonds is 6. The smallest absolute Gasteiger partial charge is 0.303 e. The summed E-state index contributed by atoms with van der Waals surface area (Å²) in [6.07, 6.45) is 0.0433. The van der Waals surface area contributed by atoms with E-state index >= 15 is 0 Å².